The van der Waals surface area contributed by atoms with Crippen LogP contribution < -0.4 is 0 Å². The first-order valence-electron chi connectivity index (χ1n) is 9.71. The fourth-order valence-corrected chi connectivity index (χ4v) is 4.08. The average molecular weight is 360 g/mol. The number of aryl methyl sites for hydroxylation is 1. The van der Waals surface area contributed by atoms with E-state index in [0.29, 0.717) is 12.0 Å². The molecule has 2 atom stereocenters. The predicted molar refractivity (Wildman–Crippen MR) is 100 cm³/mol. The lowest BCUT2D eigenvalue weighted by Gasteiger charge is -2.36. The van der Waals surface area contributed by atoms with Gasteiger partial charge in [-0.05, 0) is 60.4 Å². The molecule has 0 radical (unpaired) electrons. The molecule has 140 valence electrons. The van der Waals surface area contributed by atoms with Gasteiger partial charge in [-0.1, -0.05) is 56.2 Å². The van der Waals surface area contributed by atoms with Crippen LogP contribution in [0.15, 0.2) is 48.5 Å². The van der Waals surface area contributed by atoms with Crippen LogP contribution in [0.1, 0.15) is 74.0 Å². The molecule has 3 heteroatoms. The van der Waals surface area contributed by atoms with Crippen molar-refractivity contribution in [3.8, 4) is 0 Å². The lowest BCUT2D eigenvalue weighted by atomic mass is 9.73. The molecule has 0 spiro atoms. The van der Waals surface area contributed by atoms with E-state index < -0.39 is 11.8 Å². The molecule has 0 nitrogen and oxygen atoms in total. The van der Waals surface area contributed by atoms with E-state index in [4.69, 9.17) is 0 Å². The van der Waals surface area contributed by atoms with Gasteiger partial charge in [0.2, 0.25) is 0 Å². The van der Waals surface area contributed by atoms with Gasteiger partial charge >= 0.3 is 0 Å². The number of hydrogen-bond donors (Lipinski definition) is 0. The third-order valence-corrected chi connectivity index (χ3v) is 5.62. The molecule has 3 rings (SSSR count). The first-order valence-corrected chi connectivity index (χ1v) is 9.71. The van der Waals surface area contributed by atoms with Crippen LogP contribution in [-0.2, 0) is 6.42 Å². The van der Waals surface area contributed by atoms with Crippen LogP contribution >= 0.6 is 0 Å². The molecule has 0 saturated heterocycles. The molecule has 2 aromatic rings. The Hall–Kier alpha value is -1.77. The van der Waals surface area contributed by atoms with Crippen LogP contribution in [0.25, 0.3) is 0 Å². The van der Waals surface area contributed by atoms with Crippen LogP contribution in [0.3, 0.4) is 0 Å². The molecule has 0 amide bonds. The smallest absolute Gasteiger partial charge is 0.207 e. The highest BCUT2D eigenvalue weighted by molar-refractivity contribution is 5.29. The van der Waals surface area contributed by atoms with Gasteiger partial charge in [0.1, 0.15) is 5.82 Å². The quantitative estimate of drug-likeness (QED) is 0.476. The lowest BCUT2D eigenvalue weighted by molar-refractivity contribution is -0.0615. The Labute approximate surface area is 154 Å². The van der Waals surface area contributed by atoms with Crippen LogP contribution in [0.5, 0.6) is 0 Å². The highest BCUT2D eigenvalue weighted by atomic mass is 19.3. The second-order valence-corrected chi connectivity index (χ2v) is 7.54. The molecular formula is C23H27F3. The summed E-state index contributed by atoms with van der Waals surface area (Å²) in [5.41, 5.74) is 2.84. The average Bonchev–Trinajstić information content (AvgIpc) is 2.63. The van der Waals surface area contributed by atoms with Gasteiger partial charge in [0, 0.05) is 12.3 Å². The molecule has 0 aromatic heterocycles. The van der Waals surface area contributed by atoms with Crippen LogP contribution in [-0.4, -0.2) is 5.92 Å². The molecule has 1 aliphatic carbocycles. The van der Waals surface area contributed by atoms with E-state index in [1.807, 2.05) is 12.1 Å². The fraction of sp³-hybridized carbons (Fsp3) is 0.478. The van der Waals surface area contributed by atoms with Gasteiger partial charge in [-0.25, -0.2) is 13.2 Å². The summed E-state index contributed by atoms with van der Waals surface area (Å²) in [4.78, 5) is 0. The minimum atomic E-state index is -2.76. The topological polar surface area (TPSA) is 0 Å². The zero-order chi connectivity index (χ0) is 18.6. The molecule has 26 heavy (non-hydrogen) atoms. The maximum absolute atomic E-state index is 14.8. The van der Waals surface area contributed by atoms with Crippen LogP contribution in [0.4, 0.5) is 13.2 Å². The van der Waals surface area contributed by atoms with E-state index in [9.17, 15) is 13.2 Å². The van der Waals surface area contributed by atoms with Crippen LogP contribution in [0, 0.1) is 5.82 Å². The predicted octanol–water partition coefficient (Wildman–Crippen LogP) is 7.25. The van der Waals surface area contributed by atoms with Gasteiger partial charge in [-0.15, -0.1) is 0 Å². The minimum Gasteiger partial charge on any atom is -0.207 e. The van der Waals surface area contributed by atoms with Gasteiger partial charge in [0.15, 0.2) is 0 Å². The standard InChI is InChI=1S/C23H27F3/c1-2-3-4-5-17-6-8-18(9-7-17)20-12-15-22(23(25,26)16-20)19-10-13-21(24)14-11-19/h6-11,13-14,20,22H,2-5,12,15-16H2,1H3/t20-,22+/m1/s1. The summed E-state index contributed by atoms with van der Waals surface area (Å²) < 4.78 is 42.6. The summed E-state index contributed by atoms with van der Waals surface area (Å²) in [7, 11) is 0. The van der Waals surface area contributed by atoms with Crippen molar-refractivity contribution in [2.24, 2.45) is 0 Å². The molecular weight excluding hydrogens is 333 g/mol. The maximum atomic E-state index is 14.8. The van der Waals surface area contributed by atoms with Crippen molar-refractivity contribution in [3.63, 3.8) is 0 Å². The molecule has 0 bridgehead atoms. The molecule has 0 N–H and O–H groups in total. The number of hydrogen-bond acceptors (Lipinski definition) is 0. The molecule has 0 heterocycles. The van der Waals surface area contributed by atoms with Crippen molar-refractivity contribution in [2.75, 3.05) is 0 Å². The zero-order valence-electron chi connectivity index (χ0n) is 15.4. The van der Waals surface area contributed by atoms with Gasteiger partial charge in [-0.3, -0.25) is 0 Å². The van der Waals surface area contributed by atoms with Gasteiger partial charge in [0.25, 0.3) is 5.92 Å². The molecule has 1 saturated carbocycles. The van der Waals surface area contributed by atoms with Crippen molar-refractivity contribution >= 4 is 0 Å². The summed E-state index contributed by atoms with van der Waals surface area (Å²) in [6.45, 7) is 2.19. The van der Waals surface area contributed by atoms with E-state index >= 15 is 0 Å². The van der Waals surface area contributed by atoms with E-state index in [2.05, 4.69) is 19.1 Å². The van der Waals surface area contributed by atoms with Crippen molar-refractivity contribution in [2.45, 2.75) is 69.6 Å². The Balaban J connectivity index is 1.66. The molecule has 2 aromatic carbocycles. The number of alkyl halides is 2. The summed E-state index contributed by atoms with van der Waals surface area (Å²) in [5.74, 6) is -4.07. The molecule has 0 aliphatic heterocycles. The van der Waals surface area contributed by atoms with E-state index in [1.54, 1.807) is 0 Å². The summed E-state index contributed by atoms with van der Waals surface area (Å²) >= 11 is 0. The van der Waals surface area contributed by atoms with E-state index in [0.717, 1.165) is 18.4 Å². The van der Waals surface area contributed by atoms with Gasteiger partial charge in [0.05, 0.1) is 0 Å². The summed E-state index contributed by atoms with van der Waals surface area (Å²) in [6.07, 6.45) is 5.70. The monoisotopic (exact) mass is 360 g/mol. The highest BCUT2D eigenvalue weighted by Gasteiger charge is 2.46. The molecule has 1 aliphatic rings. The molecule has 1 fully saturated rings. The van der Waals surface area contributed by atoms with Gasteiger partial charge < -0.3 is 0 Å². The largest absolute Gasteiger partial charge is 0.255 e. The van der Waals surface area contributed by atoms with Crippen molar-refractivity contribution < 1.29 is 13.2 Å². The van der Waals surface area contributed by atoms with Crippen molar-refractivity contribution in [3.05, 3.63) is 71.0 Å². The Morgan fingerprint density at radius 3 is 2.15 bits per heavy atom. The maximum Gasteiger partial charge on any atom is 0.255 e. The summed E-state index contributed by atoms with van der Waals surface area (Å²) in [5, 5.41) is 0. The molecule has 0 unspecified atom stereocenters. The van der Waals surface area contributed by atoms with Gasteiger partial charge in [-0.2, -0.15) is 0 Å². The summed E-state index contributed by atoms with van der Waals surface area (Å²) in [6, 6.07) is 13.8. The van der Waals surface area contributed by atoms with Crippen molar-refractivity contribution in [1.29, 1.82) is 0 Å². The number of unbranched alkanes of at least 4 members (excludes halogenated alkanes) is 2. The number of benzene rings is 2. The second kappa shape index (κ2) is 8.28. The Morgan fingerprint density at radius 1 is 0.885 bits per heavy atom. The minimum absolute atomic E-state index is 0.105. The third-order valence-electron chi connectivity index (χ3n) is 5.62. The van der Waals surface area contributed by atoms with E-state index in [1.165, 1.54) is 49.1 Å². The highest BCUT2D eigenvalue weighted by Crippen LogP contribution is 2.49. The number of rotatable bonds is 6. The normalized spacial score (nSPS) is 22.3. The second-order valence-electron chi connectivity index (χ2n) is 7.54. The first kappa shape index (κ1) is 19.0. The lowest BCUT2D eigenvalue weighted by Crippen LogP contribution is -2.33. The van der Waals surface area contributed by atoms with E-state index in [-0.39, 0.29) is 18.2 Å². The first-order chi connectivity index (χ1) is 12.5. The SMILES string of the molecule is CCCCCc1ccc([C@@H]2CC[C@@H](c3ccc(F)cc3)C(F)(F)C2)cc1. The fourth-order valence-electron chi connectivity index (χ4n) is 4.08. The van der Waals surface area contributed by atoms with Crippen molar-refractivity contribution in [1.82, 2.24) is 0 Å². The third kappa shape index (κ3) is 4.49. The Bertz CT molecular complexity index is 688. The Kier molecular flexibility index (Phi) is 6.05. The Morgan fingerprint density at radius 2 is 1.54 bits per heavy atom. The van der Waals surface area contributed by atoms with Crippen LogP contribution in [0.2, 0.25) is 0 Å². The zero-order valence-corrected chi connectivity index (χ0v) is 15.4. The number of halogens is 3.